The number of para-hydroxylation sites is 2. The van der Waals surface area contributed by atoms with Gasteiger partial charge in [-0.05, 0) is 121 Å². The molecule has 2 aliphatic heterocycles. The Morgan fingerprint density at radius 1 is 0.500 bits per heavy atom. The van der Waals surface area contributed by atoms with E-state index in [-0.39, 0.29) is 22.2 Å². The minimum atomic E-state index is -1.73. The second-order valence-electron chi connectivity index (χ2n) is 15.3. The van der Waals surface area contributed by atoms with Crippen LogP contribution in [0.25, 0.3) is 0 Å². The lowest BCUT2D eigenvalue weighted by Crippen LogP contribution is -2.77. The zero-order chi connectivity index (χ0) is 27.9. The number of hydrogen-bond donors (Lipinski definition) is 2. The maximum atomic E-state index is 4.07. The van der Waals surface area contributed by atoms with Crippen LogP contribution in [0.15, 0.2) is 24.3 Å². The molecule has 0 saturated carbocycles. The number of rotatable bonds is 4. The van der Waals surface area contributed by atoms with Crippen LogP contribution in [0.5, 0.6) is 0 Å². The Kier molecular flexibility index (Phi) is 7.85. The number of anilines is 2. The molecule has 1 aromatic rings. The highest BCUT2D eigenvalue weighted by Crippen LogP contribution is 2.68. The molecule has 0 amide bonds. The van der Waals surface area contributed by atoms with Gasteiger partial charge in [0.1, 0.15) is 16.7 Å². The van der Waals surface area contributed by atoms with Crippen molar-refractivity contribution in [3.63, 3.8) is 0 Å². The zero-order valence-electron chi connectivity index (χ0n) is 26.0. The molecule has 0 spiro atoms. The first-order chi connectivity index (χ1) is 15.9. The summed E-state index contributed by atoms with van der Waals surface area (Å²) in [7, 11) is -4.76. The van der Waals surface area contributed by atoms with Crippen molar-refractivity contribution in [2.75, 3.05) is 10.2 Å². The number of nitrogens with zero attached hydrogens (tertiary/aromatic N) is 4. The van der Waals surface area contributed by atoms with Crippen LogP contribution in [0.3, 0.4) is 0 Å². The van der Waals surface area contributed by atoms with Crippen LogP contribution < -0.4 is 10.2 Å². The van der Waals surface area contributed by atoms with Gasteiger partial charge in [-0.1, -0.05) is 12.1 Å². The first-order valence-electron chi connectivity index (χ1n) is 13.4. The molecule has 0 aromatic heterocycles. The molecule has 2 heterocycles. The van der Waals surface area contributed by atoms with Gasteiger partial charge in [0.2, 0.25) is 16.8 Å². The van der Waals surface area contributed by atoms with E-state index in [0.29, 0.717) is 0 Å². The van der Waals surface area contributed by atoms with Gasteiger partial charge in [0.25, 0.3) is 0 Å². The Morgan fingerprint density at radius 2 is 0.722 bits per heavy atom. The van der Waals surface area contributed by atoms with Crippen molar-refractivity contribution in [3.05, 3.63) is 24.3 Å². The van der Waals surface area contributed by atoms with Gasteiger partial charge in [0.05, 0.1) is 11.4 Å². The molecule has 0 aliphatic carbocycles. The first-order valence-corrected chi connectivity index (χ1v) is 21.6. The average Bonchev–Trinajstić information content (AvgIpc) is 2.55. The standard InChI is InChI=1S/C26H54N6P2Si2/c1-23(2,3)29-33(30(24(4,5)6)35(29,13)14)27-21-19-17-18-20-22(21)28-34-31(25(7,8)9)36(15,16)32(34)26(10,11)12/h17-20,27-28H,1-16H3. The molecule has 1 aromatic carbocycles. The Balaban J connectivity index is 1.99. The largest absolute Gasteiger partial charge is 0.339 e. The second-order valence-corrected chi connectivity index (χ2v) is 27.7. The van der Waals surface area contributed by atoms with Gasteiger partial charge in [-0.15, -0.1) is 0 Å². The molecule has 2 N–H and O–H groups in total. The maximum Gasteiger partial charge on any atom is 0.213 e. The Labute approximate surface area is 227 Å². The Morgan fingerprint density at radius 3 is 0.917 bits per heavy atom. The normalized spacial score (nSPS) is 23.3. The second kappa shape index (κ2) is 9.26. The van der Waals surface area contributed by atoms with Crippen molar-refractivity contribution in [1.29, 1.82) is 0 Å². The molecule has 3 rings (SSSR count). The van der Waals surface area contributed by atoms with E-state index in [1.54, 1.807) is 0 Å². The number of benzene rings is 1. The van der Waals surface area contributed by atoms with E-state index >= 15 is 0 Å². The molecule has 0 bridgehead atoms. The van der Waals surface area contributed by atoms with E-state index in [1.807, 2.05) is 0 Å². The Hall–Kier alpha value is -0.0462. The van der Waals surface area contributed by atoms with Crippen molar-refractivity contribution in [1.82, 2.24) is 17.3 Å². The van der Waals surface area contributed by atoms with Crippen molar-refractivity contribution in [2.24, 2.45) is 0 Å². The third-order valence-corrected chi connectivity index (χ3v) is 26.5. The van der Waals surface area contributed by atoms with Crippen LogP contribution in [-0.4, -0.2) is 56.3 Å². The summed E-state index contributed by atoms with van der Waals surface area (Å²) in [5.41, 5.74) is 2.93. The van der Waals surface area contributed by atoms with Gasteiger partial charge < -0.3 is 10.2 Å². The molecule has 10 heteroatoms. The van der Waals surface area contributed by atoms with Crippen molar-refractivity contribution in [2.45, 2.75) is 131 Å². The SMILES string of the molecule is CC(C)(C)N1P(Nc2ccccc2NP2N(C(C)(C)C)[Si](C)(C)N2C(C)(C)C)N(C(C)(C)C)[Si]1(C)C. The monoisotopic (exact) mass is 568 g/mol. The maximum absolute atomic E-state index is 4.07. The molecule has 0 unspecified atom stereocenters. The van der Waals surface area contributed by atoms with Crippen molar-refractivity contribution >= 4 is 44.9 Å². The lowest BCUT2D eigenvalue weighted by molar-refractivity contribution is 0.240. The number of hydrogen-bond acceptors (Lipinski definition) is 6. The van der Waals surface area contributed by atoms with Crippen molar-refractivity contribution < 1.29 is 0 Å². The molecule has 36 heavy (non-hydrogen) atoms. The van der Waals surface area contributed by atoms with Gasteiger partial charge in [-0.25, -0.2) is 0 Å². The van der Waals surface area contributed by atoms with E-state index in [2.05, 4.69) is 161 Å². The predicted octanol–water partition coefficient (Wildman–Crippen LogP) is 8.80. The van der Waals surface area contributed by atoms with Crippen LogP contribution in [0.4, 0.5) is 11.4 Å². The summed E-state index contributed by atoms with van der Waals surface area (Å²) >= 11 is 0. The third-order valence-electron chi connectivity index (χ3n) is 6.74. The van der Waals surface area contributed by atoms with Gasteiger partial charge in [-0.3, -0.25) is 17.3 Å². The molecule has 2 saturated heterocycles. The summed E-state index contributed by atoms with van der Waals surface area (Å²) in [5, 5.41) is 8.14. The van der Waals surface area contributed by atoms with Gasteiger partial charge in [-0.2, -0.15) is 0 Å². The van der Waals surface area contributed by atoms with Gasteiger partial charge in [0.15, 0.2) is 0 Å². The molecular formula is C26H54N6P2Si2. The summed E-state index contributed by atoms with van der Waals surface area (Å²) in [5.74, 6) is 0. The highest BCUT2D eigenvalue weighted by atomic mass is 31.2. The molecule has 206 valence electrons. The predicted molar refractivity (Wildman–Crippen MR) is 169 cm³/mol. The molecule has 0 radical (unpaired) electrons. The third kappa shape index (κ3) is 5.36. The van der Waals surface area contributed by atoms with E-state index in [1.165, 1.54) is 11.4 Å². The summed E-state index contributed by atoms with van der Waals surface area (Å²) < 4.78 is 11.2. The fourth-order valence-corrected chi connectivity index (χ4v) is 26.5. The molecule has 2 fully saturated rings. The quantitative estimate of drug-likeness (QED) is 0.279. The fourth-order valence-electron chi connectivity index (χ4n) is 6.72. The molecule has 6 nitrogen and oxygen atoms in total. The van der Waals surface area contributed by atoms with Gasteiger partial charge in [0, 0.05) is 22.2 Å². The summed E-state index contributed by atoms with van der Waals surface area (Å²) in [6.45, 7) is 38.5. The van der Waals surface area contributed by atoms with E-state index in [9.17, 15) is 0 Å². The topological polar surface area (TPSA) is 37.0 Å². The van der Waals surface area contributed by atoms with Crippen molar-refractivity contribution in [3.8, 4) is 0 Å². The highest BCUT2D eigenvalue weighted by molar-refractivity contribution is 7.64. The fraction of sp³-hybridized carbons (Fsp3) is 0.769. The summed E-state index contributed by atoms with van der Waals surface area (Å²) in [6, 6.07) is 8.87. The minimum Gasteiger partial charge on any atom is -0.339 e. The first kappa shape index (κ1) is 30.5. The van der Waals surface area contributed by atoms with Crippen LogP contribution in [-0.2, 0) is 0 Å². The highest BCUT2D eigenvalue weighted by Gasteiger charge is 2.64. The molecular weight excluding hydrogens is 514 g/mol. The average molecular weight is 569 g/mol. The number of nitrogens with one attached hydrogen (secondary N) is 2. The zero-order valence-corrected chi connectivity index (χ0v) is 29.8. The Bertz CT molecular complexity index is 834. The van der Waals surface area contributed by atoms with Crippen LogP contribution >= 0.6 is 16.7 Å². The van der Waals surface area contributed by atoms with Crippen LogP contribution in [0.2, 0.25) is 26.2 Å². The smallest absolute Gasteiger partial charge is 0.213 e. The lowest BCUT2D eigenvalue weighted by atomic mass is 10.1. The summed E-state index contributed by atoms with van der Waals surface area (Å²) in [6.07, 6.45) is 0. The van der Waals surface area contributed by atoms with E-state index in [4.69, 9.17) is 0 Å². The minimum absolute atomic E-state index is 0.123. The molecule has 0 atom stereocenters. The van der Waals surface area contributed by atoms with E-state index < -0.39 is 33.5 Å². The summed E-state index contributed by atoms with van der Waals surface area (Å²) in [4.78, 5) is 0. The lowest BCUT2D eigenvalue weighted by Gasteiger charge is -2.70. The molecule has 2 aliphatic rings. The van der Waals surface area contributed by atoms with Crippen LogP contribution in [0.1, 0.15) is 83.1 Å². The van der Waals surface area contributed by atoms with Crippen LogP contribution in [0, 0.1) is 0 Å². The van der Waals surface area contributed by atoms with E-state index in [0.717, 1.165) is 0 Å². The van der Waals surface area contributed by atoms with Gasteiger partial charge >= 0.3 is 0 Å².